The van der Waals surface area contributed by atoms with Crippen molar-refractivity contribution in [3.8, 4) is 5.75 Å². The lowest BCUT2D eigenvalue weighted by molar-refractivity contribution is 0.00750. The summed E-state index contributed by atoms with van der Waals surface area (Å²) in [4.78, 5) is 7.06. The highest BCUT2D eigenvalue weighted by Crippen LogP contribution is 2.40. The molecule has 1 atom stereocenters. The molecular formula is C25H42N4O3. The van der Waals surface area contributed by atoms with Gasteiger partial charge in [0, 0.05) is 63.5 Å². The summed E-state index contributed by atoms with van der Waals surface area (Å²) >= 11 is 0. The third-order valence-corrected chi connectivity index (χ3v) is 6.96. The molecule has 7 nitrogen and oxygen atoms in total. The van der Waals surface area contributed by atoms with Gasteiger partial charge in [0.2, 0.25) is 0 Å². The number of aryl methyl sites for hydroxylation is 1. The summed E-state index contributed by atoms with van der Waals surface area (Å²) in [6.07, 6.45) is 1.92. The summed E-state index contributed by atoms with van der Waals surface area (Å²) in [6.45, 7) is 13.5. The summed E-state index contributed by atoms with van der Waals surface area (Å²) in [6, 6.07) is 6.92. The Morgan fingerprint density at radius 2 is 1.81 bits per heavy atom. The Balaban J connectivity index is 1.69. The van der Waals surface area contributed by atoms with E-state index >= 15 is 0 Å². The van der Waals surface area contributed by atoms with Gasteiger partial charge < -0.3 is 24.8 Å². The second-order valence-electron chi connectivity index (χ2n) is 9.36. The first-order valence-electron chi connectivity index (χ1n) is 12.0. The molecule has 0 radical (unpaired) electrons. The van der Waals surface area contributed by atoms with Crippen LogP contribution in [0.25, 0.3) is 0 Å². The molecule has 2 N–H and O–H groups in total. The van der Waals surface area contributed by atoms with Crippen molar-refractivity contribution < 1.29 is 14.2 Å². The zero-order valence-electron chi connectivity index (χ0n) is 20.6. The van der Waals surface area contributed by atoms with Crippen LogP contribution in [0.3, 0.4) is 0 Å². The lowest BCUT2D eigenvalue weighted by Crippen LogP contribution is -2.54. The molecule has 2 aliphatic heterocycles. The van der Waals surface area contributed by atoms with Gasteiger partial charge in [-0.15, -0.1) is 0 Å². The molecule has 7 heteroatoms. The minimum absolute atomic E-state index is 0.0467. The first-order valence-corrected chi connectivity index (χ1v) is 12.0. The predicted molar refractivity (Wildman–Crippen MR) is 130 cm³/mol. The number of hydrogen-bond donors (Lipinski definition) is 2. The number of morpholine rings is 1. The summed E-state index contributed by atoms with van der Waals surface area (Å²) in [5, 5.41) is 7.22. The maximum Gasteiger partial charge on any atom is 0.191 e. The SMILES string of the molecule is CN=C(NCC(C(C)C)N1CCOCC1)NCC1(c2cc(C)ccc2OC)CCOCC1. The van der Waals surface area contributed by atoms with E-state index in [9.17, 15) is 0 Å². The van der Waals surface area contributed by atoms with E-state index in [1.807, 2.05) is 7.05 Å². The molecule has 0 aromatic heterocycles. The van der Waals surface area contributed by atoms with Crippen LogP contribution >= 0.6 is 0 Å². The Hall–Kier alpha value is -1.83. The maximum atomic E-state index is 5.75. The molecule has 2 aliphatic rings. The third-order valence-electron chi connectivity index (χ3n) is 6.96. The van der Waals surface area contributed by atoms with E-state index < -0.39 is 0 Å². The number of aliphatic imine (C=N–C) groups is 1. The zero-order valence-corrected chi connectivity index (χ0v) is 20.6. The largest absolute Gasteiger partial charge is 0.496 e. The third kappa shape index (κ3) is 6.15. The number of guanidine groups is 1. The van der Waals surface area contributed by atoms with Crippen molar-refractivity contribution in [3.05, 3.63) is 29.3 Å². The van der Waals surface area contributed by atoms with Crippen molar-refractivity contribution in [2.24, 2.45) is 10.9 Å². The second-order valence-corrected chi connectivity index (χ2v) is 9.36. The fourth-order valence-electron chi connectivity index (χ4n) is 4.91. The molecule has 1 aromatic carbocycles. The van der Waals surface area contributed by atoms with E-state index in [1.54, 1.807) is 7.11 Å². The Morgan fingerprint density at radius 1 is 1.12 bits per heavy atom. The van der Waals surface area contributed by atoms with Crippen LogP contribution in [-0.4, -0.2) is 83.7 Å². The number of ether oxygens (including phenoxy) is 3. The lowest BCUT2D eigenvalue weighted by Gasteiger charge is -2.39. The molecule has 0 saturated carbocycles. The van der Waals surface area contributed by atoms with Crippen molar-refractivity contribution >= 4 is 5.96 Å². The smallest absolute Gasteiger partial charge is 0.191 e. The lowest BCUT2D eigenvalue weighted by atomic mass is 9.73. The van der Waals surface area contributed by atoms with E-state index in [4.69, 9.17) is 14.2 Å². The van der Waals surface area contributed by atoms with Crippen molar-refractivity contribution in [1.82, 2.24) is 15.5 Å². The molecule has 2 saturated heterocycles. The van der Waals surface area contributed by atoms with Crippen molar-refractivity contribution in [2.75, 3.05) is 66.8 Å². The molecule has 0 aliphatic carbocycles. The molecule has 0 amide bonds. The van der Waals surface area contributed by atoms with Crippen LogP contribution in [0.4, 0.5) is 0 Å². The monoisotopic (exact) mass is 446 g/mol. The molecule has 1 unspecified atom stereocenters. The van der Waals surface area contributed by atoms with Gasteiger partial charge in [-0.25, -0.2) is 0 Å². The topological polar surface area (TPSA) is 67.4 Å². The molecule has 3 rings (SSSR count). The summed E-state index contributed by atoms with van der Waals surface area (Å²) < 4.78 is 17.0. The minimum Gasteiger partial charge on any atom is -0.496 e. The second kappa shape index (κ2) is 11.9. The Morgan fingerprint density at radius 3 is 2.44 bits per heavy atom. The van der Waals surface area contributed by atoms with Crippen LogP contribution < -0.4 is 15.4 Å². The highest BCUT2D eigenvalue weighted by Gasteiger charge is 2.37. The van der Waals surface area contributed by atoms with E-state index in [0.29, 0.717) is 12.0 Å². The van der Waals surface area contributed by atoms with Gasteiger partial charge in [-0.2, -0.15) is 0 Å². The fraction of sp³-hybridized carbons (Fsp3) is 0.720. The van der Waals surface area contributed by atoms with Gasteiger partial charge >= 0.3 is 0 Å². The number of nitrogens with zero attached hydrogens (tertiary/aromatic N) is 2. The number of methoxy groups -OCH3 is 1. The summed E-state index contributed by atoms with van der Waals surface area (Å²) in [5.74, 6) is 2.35. The van der Waals surface area contributed by atoms with Gasteiger partial charge in [-0.3, -0.25) is 9.89 Å². The molecule has 32 heavy (non-hydrogen) atoms. The normalized spacial score (nSPS) is 20.8. The molecule has 1 aromatic rings. The average molecular weight is 447 g/mol. The molecule has 0 spiro atoms. The van der Waals surface area contributed by atoms with Crippen LogP contribution in [-0.2, 0) is 14.9 Å². The predicted octanol–water partition coefficient (Wildman–Crippen LogP) is 2.57. The zero-order chi connectivity index (χ0) is 23.0. The van der Waals surface area contributed by atoms with Gasteiger partial charge in [0.05, 0.1) is 20.3 Å². The van der Waals surface area contributed by atoms with Crippen molar-refractivity contribution in [2.45, 2.75) is 45.1 Å². The highest BCUT2D eigenvalue weighted by atomic mass is 16.5. The maximum absolute atomic E-state index is 5.75. The number of rotatable bonds is 8. The number of nitrogens with one attached hydrogen (secondary N) is 2. The van der Waals surface area contributed by atoms with E-state index in [-0.39, 0.29) is 5.41 Å². The van der Waals surface area contributed by atoms with Crippen LogP contribution in [0.15, 0.2) is 23.2 Å². The first kappa shape index (κ1) is 24.8. The van der Waals surface area contributed by atoms with Gasteiger partial charge in [-0.1, -0.05) is 31.5 Å². The van der Waals surface area contributed by atoms with E-state index in [2.05, 4.69) is 59.5 Å². The quantitative estimate of drug-likeness (QED) is 0.473. The van der Waals surface area contributed by atoms with E-state index in [0.717, 1.165) is 77.2 Å². The minimum atomic E-state index is -0.0467. The van der Waals surface area contributed by atoms with E-state index in [1.165, 1.54) is 11.1 Å². The van der Waals surface area contributed by atoms with Crippen molar-refractivity contribution in [3.63, 3.8) is 0 Å². The highest BCUT2D eigenvalue weighted by molar-refractivity contribution is 5.79. The Labute approximate surface area is 193 Å². The molecule has 180 valence electrons. The number of hydrogen-bond acceptors (Lipinski definition) is 5. The fourth-order valence-corrected chi connectivity index (χ4v) is 4.91. The molecule has 0 bridgehead atoms. The van der Waals surface area contributed by atoms with Gasteiger partial charge in [0.15, 0.2) is 5.96 Å². The summed E-state index contributed by atoms with van der Waals surface area (Å²) in [5.41, 5.74) is 2.47. The van der Waals surface area contributed by atoms with Crippen molar-refractivity contribution in [1.29, 1.82) is 0 Å². The van der Waals surface area contributed by atoms with Crippen LogP contribution in [0.2, 0.25) is 0 Å². The van der Waals surface area contributed by atoms with Crippen LogP contribution in [0, 0.1) is 12.8 Å². The average Bonchev–Trinajstić information content (AvgIpc) is 2.82. The number of benzene rings is 1. The van der Waals surface area contributed by atoms with Gasteiger partial charge in [0.25, 0.3) is 0 Å². The molecule has 2 fully saturated rings. The molecular weight excluding hydrogens is 404 g/mol. The standard InChI is InChI=1S/C25H42N4O3/c1-19(2)22(29-10-14-32-15-11-29)17-27-24(26-4)28-18-25(8-12-31-13-9-25)21-16-20(3)6-7-23(21)30-5/h6-7,16,19,22H,8-15,17-18H2,1-5H3,(H2,26,27,28). The Kier molecular flexibility index (Phi) is 9.20. The first-order chi connectivity index (χ1) is 15.5. The van der Waals surface area contributed by atoms with Gasteiger partial charge in [0.1, 0.15) is 5.75 Å². The summed E-state index contributed by atoms with van der Waals surface area (Å²) in [7, 11) is 3.60. The molecule has 2 heterocycles. The van der Waals surface area contributed by atoms with Gasteiger partial charge in [-0.05, 0) is 31.7 Å². The van der Waals surface area contributed by atoms with Crippen LogP contribution in [0.1, 0.15) is 37.8 Å². The Bertz CT molecular complexity index is 741. The van der Waals surface area contributed by atoms with Crippen LogP contribution in [0.5, 0.6) is 5.75 Å².